The molecule has 0 aliphatic heterocycles. The number of benzene rings is 2. The Balaban J connectivity index is 1.70. The number of allylic oxidation sites excluding steroid dienone is 1. The first-order valence-corrected chi connectivity index (χ1v) is 8.73. The summed E-state index contributed by atoms with van der Waals surface area (Å²) < 4.78 is 10.7. The Bertz CT molecular complexity index is 960. The van der Waals surface area contributed by atoms with Crippen LogP contribution < -0.4 is 0 Å². The minimum atomic E-state index is -0.346. The van der Waals surface area contributed by atoms with E-state index in [1.807, 2.05) is 25.1 Å². The van der Waals surface area contributed by atoms with Gasteiger partial charge in [0.2, 0.25) is 0 Å². The molecule has 0 bridgehead atoms. The number of hydrogen-bond acceptors (Lipinski definition) is 4. The zero-order valence-corrected chi connectivity index (χ0v) is 15.3. The lowest BCUT2D eigenvalue weighted by Gasteiger charge is -2.02. The second-order valence-electron chi connectivity index (χ2n) is 6.06. The molecule has 3 aromatic rings. The molecule has 1 aromatic heterocycles. The highest BCUT2D eigenvalue weighted by Gasteiger charge is 2.08. The van der Waals surface area contributed by atoms with Crippen molar-refractivity contribution in [3.8, 4) is 11.3 Å². The van der Waals surface area contributed by atoms with Crippen LogP contribution in [0.25, 0.3) is 17.4 Å². The SMILES string of the molecule is CCOC(=O)c1ccc(-c2ccc(/C=C/C(=O)c3ccc(C)cc3)o2)cc1. The summed E-state index contributed by atoms with van der Waals surface area (Å²) in [5, 5.41) is 0. The summed E-state index contributed by atoms with van der Waals surface area (Å²) in [6.45, 7) is 4.09. The van der Waals surface area contributed by atoms with Gasteiger partial charge in [0.1, 0.15) is 11.5 Å². The van der Waals surface area contributed by atoms with Gasteiger partial charge in [-0.25, -0.2) is 4.79 Å². The van der Waals surface area contributed by atoms with E-state index in [-0.39, 0.29) is 11.8 Å². The van der Waals surface area contributed by atoms with Gasteiger partial charge < -0.3 is 9.15 Å². The molecule has 0 unspecified atom stereocenters. The highest BCUT2D eigenvalue weighted by atomic mass is 16.5. The molecule has 1 heterocycles. The maximum atomic E-state index is 12.2. The predicted octanol–water partition coefficient (Wildman–Crippen LogP) is 5.33. The van der Waals surface area contributed by atoms with Crippen molar-refractivity contribution in [1.82, 2.24) is 0 Å². The maximum absolute atomic E-state index is 12.2. The third-order valence-electron chi connectivity index (χ3n) is 4.04. The van der Waals surface area contributed by atoms with Gasteiger partial charge >= 0.3 is 5.97 Å². The summed E-state index contributed by atoms with van der Waals surface area (Å²) in [4.78, 5) is 23.9. The Morgan fingerprint density at radius 1 is 0.926 bits per heavy atom. The fraction of sp³-hybridized carbons (Fsp3) is 0.130. The first-order valence-electron chi connectivity index (χ1n) is 8.73. The lowest BCUT2D eigenvalue weighted by molar-refractivity contribution is 0.0526. The van der Waals surface area contributed by atoms with Crippen LogP contribution in [0.15, 0.2) is 71.2 Å². The van der Waals surface area contributed by atoms with E-state index < -0.39 is 0 Å². The van der Waals surface area contributed by atoms with E-state index >= 15 is 0 Å². The van der Waals surface area contributed by atoms with Gasteiger partial charge in [-0.05, 0) is 50.3 Å². The lowest BCUT2D eigenvalue weighted by Crippen LogP contribution is -2.03. The van der Waals surface area contributed by atoms with Crippen molar-refractivity contribution in [1.29, 1.82) is 0 Å². The summed E-state index contributed by atoms with van der Waals surface area (Å²) in [6.07, 6.45) is 3.15. The third-order valence-corrected chi connectivity index (χ3v) is 4.04. The second kappa shape index (κ2) is 8.32. The van der Waals surface area contributed by atoms with E-state index in [9.17, 15) is 9.59 Å². The first-order chi connectivity index (χ1) is 13.1. The molecule has 0 aliphatic rings. The normalized spacial score (nSPS) is 10.9. The van der Waals surface area contributed by atoms with E-state index in [4.69, 9.17) is 9.15 Å². The molecule has 0 fully saturated rings. The number of furan rings is 1. The van der Waals surface area contributed by atoms with E-state index in [1.165, 1.54) is 6.08 Å². The molecule has 2 aromatic carbocycles. The van der Waals surface area contributed by atoms with Crippen molar-refractivity contribution in [2.24, 2.45) is 0 Å². The minimum Gasteiger partial charge on any atom is -0.462 e. The third kappa shape index (κ3) is 4.61. The molecular formula is C23H20O4. The summed E-state index contributed by atoms with van der Waals surface area (Å²) in [6, 6.07) is 18.1. The van der Waals surface area contributed by atoms with Crippen LogP contribution in [0.1, 0.15) is 39.0 Å². The van der Waals surface area contributed by atoms with Gasteiger partial charge in [-0.3, -0.25) is 4.79 Å². The number of carbonyl (C=O) groups excluding carboxylic acids is 2. The van der Waals surface area contributed by atoms with Gasteiger partial charge in [-0.1, -0.05) is 42.0 Å². The molecule has 0 aliphatic carbocycles. The van der Waals surface area contributed by atoms with Gasteiger partial charge in [0.25, 0.3) is 0 Å². The van der Waals surface area contributed by atoms with Crippen molar-refractivity contribution in [2.45, 2.75) is 13.8 Å². The van der Waals surface area contributed by atoms with Crippen molar-refractivity contribution in [2.75, 3.05) is 6.61 Å². The van der Waals surface area contributed by atoms with Gasteiger partial charge in [0.05, 0.1) is 12.2 Å². The topological polar surface area (TPSA) is 56.5 Å². The lowest BCUT2D eigenvalue weighted by atomic mass is 10.1. The summed E-state index contributed by atoms with van der Waals surface area (Å²) >= 11 is 0. The summed E-state index contributed by atoms with van der Waals surface area (Å²) in [7, 11) is 0. The predicted molar refractivity (Wildman–Crippen MR) is 105 cm³/mol. The fourth-order valence-corrected chi connectivity index (χ4v) is 2.55. The van der Waals surface area contributed by atoms with Crippen LogP contribution in [0, 0.1) is 6.92 Å². The smallest absolute Gasteiger partial charge is 0.338 e. The quantitative estimate of drug-likeness (QED) is 0.339. The van der Waals surface area contributed by atoms with Gasteiger partial charge in [0.15, 0.2) is 5.78 Å². The molecule has 0 amide bonds. The number of esters is 1. The number of hydrogen-bond donors (Lipinski definition) is 0. The van der Waals surface area contributed by atoms with Crippen molar-refractivity contribution < 1.29 is 18.7 Å². The standard InChI is InChI=1S/C23H20O4/c1-3-26-23(25)19-10-8-18(9-11-19)22-15-13-20(27-22)12-14-21(24)17-6-4-16(2)5-7-17/h4-15H,3H2,1-2H3/b14-12+. The highest BCUT2D eigenvalue weighted by molar-refractivity contribution is 6.06. The summed E-state index contributed by atoms with van der Waals surface area (Å²) in [5.74, 6) is 0.821. The van der Waals surface area contributed by atoms with E-state index in [0.717, 1.165) is 11.1 Å². The summed E-state index contributed by atoms with van der Waals surface area (Å²) in [5.41, 5.74) is 3.09. The highest BCUT2D eigenvalue weighted by Crippen LogP contribution is 2.23. The Labute approximate surface area is 158 Å². The van der Waals surface area contributed by atoms with Gasteiger partial charge in [-0.15, -0.1) is 0 Å². The van der Waals surface area contributed by atoms with Crippen LogP contribution in [-0.2, 0) is 4.74 Å². The molecule has 4 nitrogen and oxygen atoms in total. The molecule has 0 saturated heterocycles. The van der Waals surface area contributed by atoms with E-state index in [0.29, 0.717) is 29.3 Å². The molecule has 0 N–H and O–H groups in total. The van der Waals surface area contributed by atoms with E-state index in [1.54, 1.807) is 55.5 Å². The molecule has 0 spiro atoms. The molecule has 3 rings (SSSR count). The molecule has 4 heteroatoms. The Morgan fingerprint density at radius 2 is 1.59 bits per heavy atom. The largest absolute Gasteiger partial charge is 0.462 e. The minimum absolute atomic E-state index is 0.0771. The monoisotopic (exact) mass is 360 g/mol. The van der Waals surface area contributed by atoms with E-state index in [2.05, 4.69) is 0 Å². The van der Waals surface area contributed by atoms with Crippen molar-refractivity contribution in [3.05, 3.63) is 89.2 Å². The van der Waals surface area contributed by atoms with Gasteiger partial charge in [0, 0.05) is 11.1 Å². The van der Waals surface area contributed by atoms with Crippen LogP contribution in [0.3, 0.4) is 0 Å². The average molecular weight is 360 g/mol. The van der Waals surface area contributed by atoms with Crippen LogP contribution in [0.5, 0.6) is 0 Å². The molecular weight excluding hydrogens is 340 g/mol. The molecule has 0 radical (unpaired) electrons. The Morgan fingerprint density at radius 3 is 2.26 bits per heavy atom. The number of ether oxygens (including phenoxy) is 1. The average Bonchev–Trinajstić information content (AvgIpc) is 3.16. The second-order valence-corrected chi connectivity index (χ2v) is 6.06. The Kier molecular flexibility index (Phi) is 5.67. The number of carbonyl (C=O) groups is 2. The molecule has 0 saturated carbocycles. The van der Waals surface area contributed by atoms with Crippen LogP contribution >= 0.6 is 0 Å². The van der Waals surface area contributed by atoms with Gasteiger partial charge in [-0.2, -0.15) is 0 Å². The fourth-order valence-electron chi connectivity index (χ4n) is 2.55. The molecule has 136 valence electrons. The van der Waals surface area contributed by atoms with Crippen molar-refractivity contribution in [3.63, 3.8) is 0 Å². The van der Waals surface area contributed by atoms with Crippen LogP contribution in [-0.4, -0.2) is 18.4 Å². The maximum Gasteiger partial charge on any atom is 0.338 e. The van der Waals surface area contributed by atoms with Crippen LogP contribution in [0.4, 0.5) is 0 Å². The first kappa shape index (κ1) is 18.4. The number of aryl methyl sites for hydroxylation is 1. The zero-order valence-electron chi connectivity index (χ0n) is 15.3. The Hall–Kier alpha value is -3.40. The van der Waals surface area contributed by atoms with Crippen molar-refractivity contribution >= 4 is 17.8 Å². The van der Waals surface area contributed by atoms with Crippen LogP contribution in [0.2, 0.25) is 0 Å². The molecule has 0 atom stereocenters. The number of ketones is 1. The zero-order chi connectivity index (χ0) is 19.2. The molecule has 27 heavy (non-hydrogen) atoms. The number of rotatable bonds is 6.